The molecule has 146 valence electrons. The second-order valence-corrected chi connectivity index (χ2v) is 7.70. The zero-order chi connectivity index (χ0) is 19.4. The van der Waals surface area contributed by atoms with E-state index in [0.717, 1.165) is 29.9 Å². The lowest BCUT2D eigenvalue weighted by Crippen LogP contribution is -2.41. The fourth-order valence-corrected chi connectivity index (χ4v) is 3.83. The van der Waals surface area contributed by atoms with Crippen molar-refractivity contribution < 1.29 is 14.0 Å². The number of H-pyrrole nitrogens is 1. The van der Waals surface area contributed by atoms with Gasteiger partial charge in [0.2, 0.25) is 5.91 Å². The highest BCUT2D eigenvalue weighted by molar-refractivity contribution is 5.94. The average molecular weight is 371 g/mol. The molecular weight excluding hydrogens is 342 g/mol. The van der Waals surface area contributed by atoms with E-state index in [0.29, 0.717) is 37.5 Å². The van der Waals surface area contributed by atoms with Gasteiger partial charge in [-0.3, -0.25) is 9.59 Å². The third kappa shape index (κ3) is 5.02. The minimum Gasteiger partial charge on any atom is -0.469 e. The number of nitrogens with one attached hydrogen (secondary N) is 2. The Kier molecular flexibility index (Phi) is 6.04. The van der Waals surface area contributed by atoms with Gasteiger partial charge < -0.3 is 19.6 Å². The summed E-state index contributed by atoms with van der Waals surface area (Å²) in [5, 5.41) is 3.05. The van der Waals surface area contributed by atoms with Crippen molar-refractivity contribution in [2.24, 2.45) is 5.92 Å². The highest BCUT2D eigenvalue weighted by atomic mass is 16.3. The van der Waals surface area contributed by atoms with Crippen LogP contribution in [-0.4, -0.2) is 40.8 Å². The minimum absolute atomic E-state index is 0.0457. The molecule has 3 heterocycles. The summed E-state index contributed by atoms with van der Waals surface area (Å²) in [5.74, 6) is 1.35. The number of carbonyl (C=O) groups excluding carboxylic acids is 2. The number of piperidine rings is 1. The lowest BCUT2D eigenvalue weighted by Gasteiger charge is -2.32. The normalized spacial score (nSPS) is 16.3. The second kappa shape index (κ2) is 8.46. The molecule has 0 aliphatic carbocycles. The summed E-state index contributed by atoms with van der Waals surface area (Å²) in [5.41, 5.74) is 2.69. The Morgan fingerprint density at radius 1 is 1.33 bits per heavy atom. The zero-order valence-corrected chi connectivity index (χ0v) is 16.4. The Bertz CT molecular complexity index is 771. The molecule has 6 nitrogen and oxygen atoms in total. The van der Waals surface area contributed by atoms with Gasteiger partial charge in [-0.25, -0.2) is 0 Å². The first-order valence-corrected chi connectivity index (χ1v) is 9.69. The van der Waals surface area contributed by atoms with E-state index in [4.69, 9.17) is 4.42 Å². The quantitative estimate of drug-likeness (QED) is 0.818. The van der Waals surface area contributed by atoms with Crippen LogP contribution in [0.3, 0.4) is 0 Å². The van der Waals surface area contributed by atoms with Crippen molar-refractivity contribution >= 4 is 11.8 Å². The van der Waals surface area contributed by atoms with E-state index in [9.17, 15) is 9.59 Å². The van der Waals surface area contributed by atoms with E-state index in [1.807, 2.05) is 43.9 Å². The summed E-state index contributed by atoms with van der Waals surface area (Å²) in [7, 11) is 0. The maximum atomic E-state index is 12.7. The molecule has 0 aromatic carbocycles. The molecule has 1 aliphatic heterocycles. The van der Waals surface area contributed by atoms with Crippen molar-refractivity contribution in [2.45, 2.75) is 52.5 Å². The van der Waals surface area contributed by atoms with Crippen LogP contribution in [0, 0.1) is 19.8 Å². The number of aryl methyl sites for hydroxylation is 2. The molecule has 2 N–H and O–H groups in total. The van der Waals surface area contributed by atoms with Crippen molar-refractivity contribution in [1.82, 2.24) is 15.2 Å². The summed E-state index contributed by atoms with van der Waals surface area (Å²) in [6.45, 7) is 7.31. The molecule has 1 saturated heterocycles. The lowest BCUT2D eigenvalue weighted by molar-refractivity contribution is -0.122. The summed E-state index contributed by atoms with van der Waals surface area (Å²) >= 11 is 0. The molecule has 1 fully saturated rings. The largest absolute Gasteiger partial charge is 0.469 e. The fraction of sp³-hybridized carbons (Fsp3) is 0.524. The van der Waals surface area contributed by atoms with Crippen LogP contribution in [0.25, 0.3) is 0 Å². The molecule has 0 bridgehead atoms. The van der Waals surface area contributed by atoms with Gasteiger partial charge in [0.1, 0.15) is 11.5 Å². The van der Waals surface area contributed by atoms with E-state index in [-0.39, 0.29) is 17.9 Å². The highest BCUT2D eigenvalue weighted by Gasteiger charge is 2.26. The minimum atomic E-state index is 0.0457. The first-order valence-electron chi connectivity index (χ1n) is 9.69. The molecule has 1 atom stereocenters. The SMILES string of the molecule is Cc1cc(C)c(C(=O)N2CCC(CC(=O)N[C@@H](C)Cc3ccco3)CC2)[nH]1. The van der Waals surface area contributed by atoms with E-state index in [1.165, 1.54) is 0 Å². The van der Waals surface area contributed by atoms with Gasteiger partial charge in [-0.2, -0.15) is 0 Å². The number of rotatable bonds is 6. The molecule has 6 heteroatoms. The van der Waals surface area contributed by atoms with Crippen molar-refractivity contribution in [2.75, 3.05) is 13.1 Å². The monoisotopic (exact) mass is 371 g/mol. The first kappa shape index (κ1) is 19.3. The van der Waals surface area contributed by atoms with Gasteiger partial charge >= 0.3 is 0 Å². The molecular formula is C21H29N3O3. The van der Waals surface area contributed by atoms with Crippen LogP contribution in [0.15, 0.2) is 28.9 Å². The van der Waals surface area contributed by atoms with E-state index >= 15 is 0 Å². The molecule has 2 amide bonds. The van der Waals surface area contributed by atoms with Crippen LogP contribution in [0.4, 0.5) is 0 Å². The van der Waals surface area contributed by atoms with Crippen molar-refractivity contribution in [1.29, 1.82) is 0 Å². The molecule has 3 rings (SSSR count). The third-order valence-electron chi connectivity index (χ3n) is 5.23. The first-order chi connectivity index (χ1) is 12.9. The molecule has 0 saturated carbocycles. The van der Waals surface area contributed by atoms with Gasteiger partial charge in [-0.15, -0.1) is 0 Å². The summed E-state index contributed by atoms with van der Waals surface area (Å²) in [4.78, 5) is 30.0. The van der Waals surface area contributed by atoms with E-state index < -0.39 is 0 Å². The topological polar surface area (TPSA) is 78.3 Å². The van der Waals surface area contributed by atoms with Crippen LogP contribution in [0.5, 0.6) is 0 Å². The molecule has 2 aromatic heterocycles. The number of amides is 2. The Morgan fingerprint density at radius 3 is 2.67 bits per heavy atom. The van der Waals surface area contributed by atoms with Gasteiger partial charge in [0, 0.05) is 37.7 Å². The van der Waals surface area contributed by atoms with Crippen LogP contribution in [-0.2, 0) is 11.2 Å². The number of nitrogens with zero attached hydrogens (tertiary/aromatic N) is 1. The Labute approximate surface area is 160 Å². The van der Waals surface area contributed by atoms with Crippen LogP contribution in [0.2, 0.25) is 0 Å². The van der Waals surface area contributed by atoms with Gasteiger partial charge in [0.25, 0.3) is 5.91 Å². The summed E-state index contributed by atoms with van der Waals surface area (Å²) in [6.07, 6.45) is 4.59. The third-order valence-corrected chi connectivity index (χ3v) is 5.23. The molecule has 0 unspecified atom stereocenters. The molecule has 1 aliphatic rings. The second-order valence-electron chi connectivity index (χ2n) is 7.70. The predicted octanol–water partition coefficient (Wildman–Crippen LogP) is 3.21. The zero-order valence-electron chi connectivity index (χ0n) is 16.4. The van der Waals surface area contributed by atoms with Crippen molar-refractivity contribution in [3.8, 4) is 0 Å². The maximum Gasteiger partial charge on any atom is 0.270 e. The number of furan rings is 1. The highest BCUT2D eigenvalue weighted by Crippen LogP contribution is 2.23. The fourth-order valence-electron chi connectivity index (χ4n) is 3.83. The van der Waals surface area contributed by atoms with Crippen LogP contribution < -0.4 is 5.32 Å². The summed E-state index contributed by atoms with van der Waals surface area (Å²) in [6, 6.07) is 5.82. The number of hydrogen-bond donors (Lipinski definition) is 2. The average Bonchev–Trinajstić information content (AvgIpc) is 3.23. The summed E-state index contributed by atoms with van der Waals surface area (Å²) < 4.78 is 5.32. The Morgan fingerprint density at radius 2 is 2.07 bits per heavy atom. The van der Waals surface area contributed by atoms with Gasteiger partial charge in [0.15, 0.2) is 0 Å². The number of aromatic nitrogens is 1. The van der Waals surface area contributed by atoms with Crippen LogP contribution >= 0.6 is 0 Å². The molecule has 0 radical (unpaired) electrons. The molecule has 27 heavy (non-hydrogen) atoms. The standard InChI is InChI=1S/C21H29N3O3/c1-14-11-15(2)23-20(14)21(26)24-8-6-17(7-9-24)13-19(25)22-16(3)12-18-5-4-10-27-18/h4-5,10-11,16-17,23H,6-9,12-13H2,1-3H3,(H,22,25)/t16-/m0/s1. The predicted molar refractivity (Wildman–Crippen MR) is 104 cm³/mol. The Hall–Kier alpha value is -2.50. The van der Waals surface area contributed by atoms with Gasteiger partial charge in [-0.1, -0.05) is 0 Å². The number of aromatic amines is 1. The maximum absolute atomic E-state index is 12.7. The number of hydrogen-bond acceptors (Lipinski definition) is 3. The van der Waals surface area contributed by atoms with Crippen molar-refractivity contribution in [3.63, 3.8) is 0 Å². The Balaban J connectivity index is 1.43. The van der Waals surface area contributed by atoms with Gasteiger partial charge in [0.05, 0.1) is 6.26 Å². The van der Waals surface area contributed by atoms with E-state index in [1.54, 1.807) is 6.26 Å². The van der Waals surface area contributed by atoms with Gasteiger partial charge in [-0.05, 0) is 63.3 Å². The molecule has 2 aromatic rings. The van der Waals surface area contributed by atoms with Crippen molar-refractivity contribution in [3.05, 3.63) is 47.2 Å². The molecule has 0 spiro atoms. The number of carbonyl (C=O) groups is 2. The smallest absolute Gasteiger partial charge is 0.270 e. The van der Waals surface area contributed by atoms with E-state index in [2.05, 4.69) is 10.3 Å². The van der Waals surface area contributed by atoms with Crippen LogP contribution in [0.1, 0.15) is 53.7 Å². The number of likely N-dealkylation sites (tertiary alicyclic amines) is 1. The lowest BCUT2D eigenvalue weighted by atomic mass is 9.92.